The van der Waals surface area contributed by atoms with Crippen molar-refractivity contribution in [3.63, 3.8) is 0 Å². The summed E-state index contributed by atoms with van der Waals surface area (Å²) in [6.45, 7) is 7.93. The van der Waals surface area contributed by atoms with Gasteiger partial charge in [-0.15, -0.1) is 0 Å². The van der Waals surface area contributed by atoms with Crippen LogP contribution >= 0.6 is 0 Å². The summed E-state index contributed by atoms with van der Waals surface area (Å²) in [7, 11) is 0. The van der Waals surface area contributed by atoms with Gasteiger partial charge in [-0.05, 0) is 56.2 Å². The number of alkyl halides is 3. The van der Waals surface area contributed by atoms with E-state index in [2.05, 4.69) is 19.8 Å². The van der Waals surface area contributed by atoms with Gasteiger partial charge < -0.3 is 19.6 Å². The molecule has 1 N–H and O–H groups in total. The van der Waals surface area contributed by atoms with Crippen LogP contribution in [0.5, 0.6) is 0 Å². The molecule has 29 heavy (non-hydrogen) atoms. The summed E-state index contributed by atoms with van der Waals surface area (Å²) >= 11 is 0. The molecule has 3 aliphatic heterocycles. The van der Waals surface area contributed by atoms with E-state index in [0.717, 1.165) is 38.2 Å². The molecular weight excluding hydrogens is 389 g/mol. The van der Waals surface area contributed by atoms with Crippen molar-refractivity contribution in [3.8, 4) is 0 Å². The predicted molar refractivity (Wildman–Crippen MR) is 99.6 cm³/mol. The molecule has 3 fully saturated rings. The third-order valence-corrected chi connectivity index (χ3v) is 5.97. The second kappa shape index (κ2) is 9.25. The molecule has 0 aliphatic carbocycles. The molecule has 162 valence electrons. The van der Waals surface area contributed by atoms with Gasteiger partial charge in [0.05, 0.1) is 6.61 Å². The second-order valence-corrected chi connectivity index (χ2v) is 8.05. The predicted octanol–water partition coefficient (Wildman–Crippen LogP) is 2.44. The fourth-order valence-electron chi connectivity index (χ4n) is 4.27. The Balaban J connectivity index is 0.000000298. The van der Waals surface area contributed by atoms with Crippen molar-refractivity contribution in [2.45, 2.75) is 31.9 Å². The number of ether oxygens (including phenoxy) is 1. The van der Waals surface area contributed by atoms with Crippen LogP contribution in [0.25, 0.3) is 0 Å². The highest BCUT2D eigenvalue weighted by Gasteiger charge is 2.41. The number of aliphatic carboxylic acids is 1. The van der Waals surface area contributed by atoms with Crippen molar-refractivity contribution in [1.29, 1.82) is 0 Å². The molecule has 1 aromatic heterocycles. The van der Waals surface area contributed by atoms with E-state index in [4.69, 9.17) is 14.6 Å². The Hall–Kier alpha value is -1.94. The number of piperidine rings is 1. The molecule has 1 unspecified atom stereocenters. The largest absolute Gasteiger partial charge is 0.490 e. The number of rotatable bonds is 3. The number of carboxylic acids is 1. The monoisotopic (exact) mass is 416 g/mol. The normalized spacial score (nSPS) is 24.4. The Kier molecular flexibility index (Phi) is 6.94. The van der Waals surface area contributed by atoms with Gasteiger partial charge in [-0.25, -0.2) is 14.8 Å². The first-order valence-corrected chi connectivity index (χ1v) is 9.90. The van der Waals surface area contributed by atoms with E-state index in [-0.39, 0.29) is 0 Å². The summed E-state index contributed by atoms with van der Waals surface area (Å²) in [5.74, 6) is -1.08. The molecule has 4 rings (SSSR count). The highest BCUT2D eigenvalue weighted by molar-refractivity contribution is 5.73. The zero-order valence-electron chi connectivity index (χ0n) is 16.3. The number of aromatic nitrogens is 2. The summed E-state index contributed by atoms with van der Waals surface area (Å²) in [4.78, 5) is 22.8. The van der Waals surface area contributed by atoms with Gasteiger partial charge in [0.1, 0.15) is 0 Å². The van der Waals surface area contributed by atoms with E-state index in [1.165, 1.54) is 45.3 Å². The number of likely N-dealkylation sites (tertiary alicyclic amines) is 1. The van der Waals surface area contributed by atoms with Gasteiger partial charge in [0.25, 0.3) is 0 Å². The Morgan fingerprint density at radius 3 is 2.38 bits per heavy atom. The molecule has 0 saturated carbocycles. The Morgan fingerprint density at radius 1 is 1.21 bits per heavy atom. The number of anilines is 1. The first-order chi connectivity index (χ1) is 13.8. The van der Waals surface area contributed by atoms with E-state index in [9.17, 15) is 13.2 Å². The summed E-state index contributed by atoms with van der Waals surface area (Å²) in [5, 5.41) is 7.12. The molecule has 1 aromatic rings. The minimum absolute atomic E-state index is 0.502. The Morgan fingerprint density at radius 2 is 1.83 bits per heavy atom. The molecule has 7 nitrogen and oxygen atoms in total. The molecule has 0 radical (unpaired) electrons. The van der Waals surface area contributed by atoms with Crippen LogP contribution in [0.15, 0.2) is 18.5 Å². The molecule has 10 heteroatoms. The summed E-state index contributed by atoms with van der Waals surface area (Å²) in [6.07, 6.45) is 3.80. The molecule has 0 aromatic carbocycles. The number of nitrogens with zero attached hydrogens (tertiary/aromatic N) is 4. The van der Waals surface area contributed by atoms with Crippen molar-refractivity contribution in [2.24, 2.45) is 11.3 Å². The lowest BCUT2D eigenvalue weighted by molar-refractivity contribution is -0.192. The lowest BCUT2D eigenvalue weighted by Gasteiger charge is -2.40. The summed E-state index contributed by atoms with van der Waals surface area (Å²) in [6, 6.07) is 1.89. The van der Waals surface area contributed by atoms with Crippen molar-refractivity contribution >= 4 is 11.9 Å². The Labute approximate surface area is 167 Å². The number of hydrogen-bond donors (Lipinski definition) is 1. The molecule has 1 spiro atoms. The van der Waals surface area contributed by atoms with Crippen LogP contribution in [0.4, 0.5) is 19.1 Å². The van der Waals surface area contributed by atoms with Gasteiger partial charge in [0, 0.05) is 38.6 Å². The molecule has 4 heterocycles. The maximum Gasteiger partial charge on any atom is 0.490 e. The zero-order valence-corrected chi connectivity index (χ0v) is 16.3. The van der Waals surface area contributed by atoms with E-state index >= 15 is 0 Å². The van der Waals surface area contributed by atoms with Crippen LogP contribution in [0.1, 0.15) is 25.7 Å². The molecule has 3 aliphatic rings. The van der Waals surface area contributed by atoms with E-state index in [0.29, 0.717) is 5.41 Å². The van der Waals surface area contributed by atoms with Crippen LogP contribution in [0, 0.1) is 11.3 Å². The van der Waals surface area contributed by atoms with Gasteiger partial charge in [-0.3, -0.25) is 0 Å². The third kappa shape index (κ3) is 6.02. The minimum Gasteiger partial charge on any atom is -0.475 e. The average molecular weight is 416 g/mol. The van der Waals surface area contributed by atoms with Crippen LogP contribution in [-0.4, -0.2) is 78.1 Å². The molecule has 0 amide bonds. The maximum absolute atomic E-state index is 10.6. The number of carboxylic acid groups (broad SMARTS) is 1. The molecule has 1 atom stereocenters. The fourth-order valence-corrected chi connectivity index (χ4v) is 4.27. The lowest BCUT2D eigenvalue weighted by Crippen LogP contribution is -2.43. The zero-order chi connectivity index (χ0) is 20.9. The molecular formula is C19H27F3N4O3. The number of carbonyl (C=O) groups is 1. The van der Waals surface area contributed by atoms with Crippen molar-refractivity contribution in [1.82, 2.24) is 14.9 Å². The smallest absolute Gasteiger partial charge is 0.475 e. The number of hydrogen-bond acceptors (Lipinski definition) is 6. The quantitative estimate of drug-likeness (QED) is 0.811. The van der Waals surface area contributed by atoms with Crippen LogP contribution in [0.3, 0.4) is 0 Å². The summed E-state index contributed by atoms with van der Waals surface area (Å²) in [5.41, 5.74) is 0.502. The van der Waals surface area contributed by atoms with Gasteiger partial charge in [-0.2, -0.15) is 13.2 Å². The maximum atomic E-state index is 10.6. The van der Waals surface area contributed by atoms with Gasteiger partial charge in [-0.1, -0.05) is 0 Å². The van der Waals surface area contributed by atoms with Gasteiger partial charge >= 0.3 is 12.1 Å². The molecule has 3 saturated heterocycles. The van der Waals surface area contributed by atoms with Gasteiger partial charge in [0.2, 0.25) is 5.95 Å². The van der Waals surface area contributed by atoms with E-state index in [1.807, 2.05) is 18.5 Å². The lowest BCUT2D eigenvalue weighted by atomic mass is 9.77. The van der Waals surface area contributed by atoms with E-state index < -0.39 is 12.1 Å². The van der Waals surface area contributed by atoms with Gasteiger partial charge in [0.15, 0.2) is 0 Å². The van der Waals surface area contributed by atoms with E-state index in [1.54, 1.807) is 0 Å². The first kappa shape index (κ1) is 21.8. The summed E-state index contributed by atoms with van der Waals surface area (Å²) < 4.78 is 37.2. The van der Waals surface area contributed by atoms with Crippen molar-refractivity contribution in [3.05, 3.63) is 18.5 Å². The van der Waals surface area contributed by atoms with Crippen molar-refractivity contribution < 1.29 is 27.8 Å². The third-order valence-electron chi connectivity index (χ3n) is 5.97. The van der Waals surface area contributed by atoms with Crippen LogP contribution in [0.2, 0.25) is 0 Å². The number of halogens is 3. The SMILES string of the molecule is O=C(O)C(F)(F)F.c1cnc(N2CCC3(CCN(CC4CCOC4)CC3)C2)nc1. The molecule has 0 bridgehead atoms. The highest BCUT2D eigenvalue weighted by atomic mass is 19.4. The minimum atomic E-state index is -5.08. The average Bonchev–Trinajstić information content (AvgIpc) is 3.35. The fraction of sp³-hybridized carbons (Fsp3) is 0.737. The van der Waals surface area contributed by atoms with Crippen LogP contribution < -0.4 is 4.90 Å². The van der Waals surface area contributed by atoms with Crippen LogP contribution in [-0.2, 0) is 9.53 Å². The van der Waals surface area contributed by atoms with Crippen molar-refractivity contribution in [2.75, 3.05) is 50.8 Å². The topological polar surface area (TPSA) is 78.8 Å². The first-order valence-electron chi connectivity index (χ1n) is 9.90. The Bertz CT molecular complexity index is 660. The standard InChI is InChI=1S/C17H26N4O.C2HF3O2/c1-6-18-16(19-7-1)21-10-5-17(14-21)3-8-20(9-4-17)12-15-2-11-22-13-15;3-2(4,5)1(6)7/h1,6-7,15H,2-5,8-14H2;(H,6,7). The second-order valence-electron chi connectivity index (χ2n) is 8.05. The highest BCUT2D eigenvalue weighted by Crippen LogP contribution is 2.41.